The molecule has 2 nitrogen and oxygen atoms in total. The fourth-order valence-electron chi connectivity index (χ4n) is 3.43. The summed E-state index contributed by atoms with van der Waals surface area (Å²) in [5, 5.41) is 3.61. The molecule has 2 fully saturated rings. The van der Waals surface area contributed by atoms with Gasteiger partial charge in [-0.25, -0.2) is 0 Å². The van der Waals surface area contributed by atoms with Crippen LogP contribution in [0.5, 0.6) is 0 Å². The van der Waals surface area contributed by atoms with E-state index in [0.29, 0.717) is 6.10 Å². The number of morpholine rings is 1. The minimum Gasteiger partial charge on any atom is -0.369 e. The summed E-state index contributed by atoms with van der Waals surface area (Å²) in [6.07, 6.45) is 8.28. The average molecular weight is 239 g/mol. The largest absolute Gasteiger partial charge is 0.369 e. The van der Waals surface area contributed by atoms with E-state index >= 15 is 0 Å². The lowest BCUT2D eigenvalue weighted by Crippen LogP contribution is -2.55. The van der Waals surface area contributed by atoms with Crippen molar-refractivity contribution in [3.8, 4) is 0 Å². The fourth-order valence-corrected chi connectivity index (χ4v) is 3.43. The van der Waals surface area contributed by atoms with Crippen molar-refractivity contribution in [3.63, 3.8) is 0 Å². The highest BCUT2D eigenvalue weighted by Crippen LogP contribution is 2.35. The monoisotopic (exact) mass is 239 g/mol. The molecule has 0 amide bonds. The van der Waals surface area contributed by atoms with Gasteiger partial charge in [-0.1, -0.05) is 33.6 Å². The van der Waals surface area contributed by atoms with Crippen LogP contribution in [0.1, 0.15) is 59.3 Å². The molecule has 0 aromatic carbocycles. The number of hydrogen-bond acceptors (Lipinski definition) is 2. The predicted molar refractivity (Wildman–Crippen MR) is 72.2 cm³/mol. The van der Waals surface area contributed by atoms with Crippen LogP contribution >= 0.6 is 0 Å². The molecule has 0 aromatic rings. The molecule has 1 heterocycles. The summed E-state index contributed by atoms with van der Waals surface area (Å²) in [5.41, 5.74) is 0.117. The van der Waals surface area contributed by atoms with Crippen LogP contribution in [-0.4, -0.2) is 24.8 Å². The molecule has 17 heavy (non-hydrogen) atoms. The zero-order chi connectivity index (χ0) is 12.3. The topological polar surface area (TPSA) is 21.3 Å². The van der Waals surface area contributed by atoms with Crippen LogP contribution in [-0.2, 0) is 4.74 Å². The van der Waals surface area contributed by atoms with Gasteiger partial charge in [-0.2, -0.15) is 0 Å². The highest BCUT2D eigenvalue weighted by atomic mass is 16.5. The first-order valence-corrected chi connectivity index (χ1v) is 7.57. The molecular formula is C15H29NO. The van der Waals surface area contributed by atoms with E-state index in [0.717, 1.165) is 37.8 Å². The van der Waals surface area contributed by atoms with E-state index in [-0.39, 0.29) is 5.60 Å². The molecule has 1 atom stereocenters. The summed E-state index contributed by atoms with van der Waals surface area (Å²) < 4.78 is 6.48. The molecule has 0 radical (unpaired) electrons. The zero-order valence-corrected chi connectivity index (χ0v) is 11.8. The molecule has 1 saturated heterocycles. The van der Waals surface area contributed by atoms with Crippen molar-refractivity contribution in [2.45, 2.75) is 71.0 Å². The van der Waals surface area contributed by atoms with E-state index in [9.17, 15) is 0 Å². The lowest BCUT2D eigenvalue weighted by molar-refractivity contribution is -0.144. The Kier molecular flexibility index (Phi) is 4.48. The van der Waals surface area contributed by atoms with Crippen molar-refractivity contribution in [2.75, 3.05) is 13.1 Å². The Morgan fingerprint density at radius 3 is 2.35 bits per heavy atom. The third-order valence-corrected chi connectivity index (χ3v) is 5.07. The van der Waals surface area contributed by atoms with Gasteiger partial charge < -0.3 is 10.1 Å². The highest BCUT2D eigenvalue weighted by molar-refractivity contribution is 4.90. The Morgan fingerprint density at radius 1 is 1.12 bits per heavy atom. The summed E-state index contributed by atoms with van der Waals surface area (Å²) in [4.78, 5) is 0. The van der Waals surface area contributed by atoms with Gasteiger partial charge in [0.25, 0.3) is 0 Å². The Bertz CT molecular complexity index is 229. The van der Waals surface area contributed by atoms with E-state index in [1.54, 1.807) is 0 Å². The van der Waals surface area contributed by atoms with Gasteiger partial charge in [0.2, 0.25) is 0 Å². The molecule has 0 bridgehead atoms. The number of ether oxygens (including phenoxy) is 1. The summed E-state index contributed by atoms with van der Waals surface area (Å²) in [6, 6.07) is 0. The standard InChI is InChI=1S/C15H29NO/c1-4-15(5-2)11-16-10-14(17-15)13-8-6-12(3)7-9-13/h12-14,16H,4-11H2,1-3H3. The minimum absolute atomic E-state index is 0.117. The number of hydrogen-bond donors (Lipinski definition) is 1. The van der Waals surface area contributed by atoms with Crippen molar-refractivity contribution in [1.29, 1.82) is 0 Å². The SMILES string of the molecule is CCC1(CC)CNCC(C2CCC(C)CC2)O1. The van der Waals surface area contributed by atoms with Gasteiger partial charge in [-0.3, -0.25) is 0 Å². The predicted octanol–water partition coefficient (Wildman–Crippen LogP) is 3.36. The summed E-state index contributed by atoms with van der Waals surface area (Å²) in [6.45, 7) is 9.02. The third kappa shape index (κ3) is 3.03. The van der Waals surface area contributed by atoms with E-state index in [1.807, 2.05) is 0 Å². The zero-order valence-electron chi connectivity index (χ0n) is 11.8. The quantitative estimate of drug-likeness (QED) is 0.815. The van der Waals surface area contributed by atoms with Crippen LogP contribution in [0, 0.1) is 11.8 Å². The van der Waals surface area contributed by atoms with Crippen molar-refractivity contribution in [3.05, 3.63) is 0 Å². The molecule has 1 aliphatic carbocycles. The Morgan fingerprint density at radius 2 is 1.76 bits per heavy atom. The van der Waals surface area contributed by atoms with Gasteiger partial charge in [0, 0.05) is 13.1 Å². The minimum atomic E-state index is 0.117. The second-order valence-electron chi connectivity index (χ2n) is 6.20. The summed E-state index contributed by atoms with van der Waals surface area (Å²) in [5.74, 6) is 1.74. The maximum Gasteiger partial charge on any atom is 0.0805 e. The smallest absolute Gasteiger partial charge is 0.0805 e. The van der Waals surface area contributed by atoms with E-state index < -0.39 is 0 Å². The van der Waals surface area contributed by atoms with Crippen molar-refractivity contribution in [1.82, 2.24) is 5.32 Å². The normalized spacial score (nSPS) is 37.9. The first-order valence-electron chi connectivity index (χ1n) is 7.57. The Hall–Kier alpha value is -0.0800. The van der Waals surface area contributed by atoms with Crippen LogP contribution in [0.25, 0.3) is 0 Å². The number of nitrogens with one attached hydrogen (secondary N) is 1. The number of rotatable bonds is 3. The summed E-state index contributed by atoms with van der Waals surface area (Å²) in [7, 11) is 0. The average Bonchev–Trinajstić information content (AvgIpc) is 2.39. The van der Waals surface area contributed by atoms with E-state index in [2.05, 4.69) is 26.1 Å². The lowest BCUT2D eigenvalue weighted by Gasteiger charge is -2.45. The Balaban J connectivity index is 1.92. The summed E-state index contributed by atoms with van der Waals surface area (Å²) >= 11 is 0. The van der Waals surface area contributed by atoms with Gasteiger partial charge in [-0.05, 0) is 37.5 Å². The molecule has 2 aliphatic rings. The molecule has 1 saturated carbocycles. The molecule has 1 N–H and O–H groups in total. The fraction of sp³-hybridized carbons (Fsp3) is 1.00. The first kappa shape index (κ1) is 13.4. The first-order chi connectivity index (χ1) is 8.19. The molecular weight excluding hydrogens is 210 g/mol. The third-order valence-electron chi connectivity index (χ3n) is 5.07. The van der Waals surface area contributed by atoms with Gasteiger partial charge in [0.1, 0.15) is 0 Å². The maximum absolute atomic E-state index is 6.48. The van der Waals surface area contributed by atoms with Crippen LogP contribution in [0.3, 0.4) is 0 Å². The van der Waals surface area contributed by atoms with Crippen molar-refractivity contribution < 1.29 is 4.74 Å². The second kappa shape index (κ2) is 5.71. The van der Waals surface area contributed by atoms with Crippen molar-refractivity contribution >= 4 is 0 Å². The molecule has 0 aromatic heterocycles. The molecule has 2 heteroatoms. The van der Waals surface area contributed by atoms with Gasteiger partial charge in [0.05, 0.1) is 11.7 Å². The van der Waals surface area contributed by atoms with Crippen LogP contribution in [0.4, 0.5) is 0 Å². The van der Waals surface area contributed by atoms with E-state index in [1.165, 1.54) is 25.7 Å². The van der Waals surface area contributed by atoms with Crippen molar-refractivity contribution in [2.24, 2.45) is 11.8 Å². The molecule has 1 aliphatic heterocycles. The van der Waals surface area contributed by atoms with Gasteiger partial charge in [-0.15, -0.1) is 0 Å². The van der Waals surface area contributed by atoms with Crippen LogP contribution < -0.4 is 5.32 Å². The van der Waals surface area contributed by atoms with Gasteiger partial charge >= 0.3 is 0 Å². The second-order valence-corrected chi connectivity index (χ2v) is 6.20. The van der Waals surface area contributed by atoms with Crippen LogP contribution in [0.15, 0.2) is 0 Å². The van der Waals surface area contributed by atoms with Gasteiger partial charge in [0.15, 0.2) is 0 Å². The highest BCUT2D eigenvalue weighted by Gasteiger charge is 2.38. The molecule has 1 unspecified atom stereocenters. The molecule has 100 valence electrons. The maximum atomic E-state index is 6.48. The van der Waals surface area contributed by atoms with Crippen LogP contribution in [0.2, 0.25) is 0 Å². The molecule has 0 spiro atoms. The lowest BCUT2D eigenvalue weighted by atomic mass is 9.79. The molecule has 2 rings (SSSR count). The Labute approximate surface area is 107 Å². The van der Waals surface area contributed by atoms with E-state index in [4.69, 9.17) is 4.74 Å².